The van der Waals surface area contributed by atoms with Crippen molar-refractivity contribution in [3.05, 3.63) is 47.5 Å². The quantitative estimate of drug-likeness (QED) is 0.482. The molecule has 0 N–H and O–H groups in total. The van der Waals surface area contributed by atoms with Crippen molar-refractivity contribution in [1.82, 2.24) is 24.5 Å². The van der Waals surface area contributed by atoms with Crippen LogP contribution >= 0.6 is 0 Å². The average Bonchev–Trinajstić information content (AvgIpc) is 3.70. The molecule has 3 aromatic heterocycles. The Hall–Kier alpha value is -4.20. The summed E-state index contributed by atoms with van der Waals surface area (Å²) in [6, 6.07) is 9.84. The van der Waals surface area contributed by atoms with Gasteiger partial charge in [-0.15, -0.1) is 5.10 Å². The summed E-state index contributed by atoms with van der Waals surface area (Å²) >= 11 is 0. The van der Waals surface area contributed by atoms with Gasteiger partial charge in [0.2, 0.25) is 5.82 Å². The van der Waals surface area contributed by atoms with E-state index in [1.807, 2.05) is 37.1 Å². The number of hydrogen-bond acceptors (Lipinski definition) is 9. The molecule has 0 saturated carbocycles. The Morgan fingerprint density at radius 3 is 2.58 bits per heavy atom. The molecular weight excluding hydrogens is 484 g/mol. The zero-order valence-electron chi connectivity index (χ0n) is 21.8. The number of amides is 1. The number of nitriles is 1. The fourth-order valence-electron chi connectivity index (χ4n) is 5.97. The lowest BCUT2D eigenvalue weighted by atomic mass is 9.92. The van der Waals surface area contributed by atoms with E-state index >= 15 is 0 Å². The van der Waals surface area contributed by atoms with Crippen molar-refractivity contribution < 1.29 is 14.3 Å². The van der Waals surface area contributed by atoms with E-state index in [2.05, 4.69) is 37.0 Å². The number of ether oxygens (including phenoxy) is 1. The number of anilines is 2. The maximum Gasteiger partial charge on any atom is 0.356 e. The Morgan fingerprint density at radius 2 is 1.89 bits per heavy atom. The summed E-state index contributed by atoms with van der Waals surface area (Å²) < 4.78 is 6.49. The zero-order valence-corrected chi connectivity index (χ0v) is 21.8. The average molecular weight is 515 g/mol. The zero-order chi connectivity index (χ0) is 26.6. The number of rotatable bonds is 4. The summed E-state index contributed by atoms with van der Waals surface area (Å²) in [4.78, 5) is 40.5. The lowest BCUT2D eigenvalue weighted by molar-refractivity contribution is 0.0593. The monoisotopic (exact) mass is 514 g/mol. The van der Waals surface area contributed by atoms with Crippen molar-refractivity contribution in [3.8, 4) is 6.07 Å². The van der Waals surface area contributed by atoms with Crippen LogP contribution in [0.4, 0.5) is 11.5 Å². The Morgan fingerprint density at radius 1 is 1.13 bits per heavy atom. The minimum Gasteiger partial charge on any atom is -0.464 e. The third kappa shape index (κ3) is 4.10. The van der Waals surface area contributed by atoms with Crippen LogP contribution in [0, 0.1) is 35.5 Å². The third-order valence-corrected chi connectivity index (χ3v) is 8.13. The normalized spacial score (nSPS) is 24.6. The minimum atomic E-state index is -0.452. The number of nitrogens with zero attached hydrogens (tertiary/aromatic N) is 8. The van der Waals surface area contributed by atoms with Crippen LogP contribution in [-0.4, -0.2) is 82.7 Å². The Balaban J connectivity index is 1.15. The third-order valence-electron chi connectivity index (χ3n) is 8.13. The Bertz CT molecular complexity index is 1460. The predicted octanol–water partition coefficient (Wildman–Crippen LogP) is 2.17. The molecule has 0 radical (unpaired) electrons. The van der Waals surface area contributed by atoms with Crippen LogP contribution < -0.4 is 9.80 Å². The van der Waals surface area contributed by atoms with Gasteiger partial charge < -0.3 is 19.4 Å². The Labute approximate surface area is 220 Å². The minimum absolute atomic E-state index is 0.153. The largest absolute Gasteiger partial charge is 0.464 e. The fourth-order valence-corrected chi connectivity index (χ4v) is 5.97. The molecule has 11 heteroatoms. The first kappa shape index (κ1) is 24.2. The van der Waals surface area contributed by atoms with Gasteiger partial charge in [-0.2, -0.15) is 5.26 Å². The fraction of sp³-hybridized carbons (Fsp3) is 0.481. The van der Waals surface area contributed by atoms with E-state index in [4.69, 9.17) is 4.74 Å². The van der Waals surface area contributed by atoms with Crippen molar-refractivity contribution in [2.75, 3.05) is 56.2 Å². The van der Waals surface area contributed by atoms with Crippen LogP contribution in [-0.2, 0) is 4.74 Å². The molecule has 3 saturated heterocycles. The van der Waals surface area contributed by atoms with Gasteiger partial charge in [0.25, 0.3) is 5.91 Å². The van der Waals surface area contributed by atoms with Crippen molar-refractivity contribution >= 4 is 29.0 Å². The highest BCUT2D eigenvalue weighted by molar-refractivity contribution is 5.91. The highest BCUT2D eigenvalue weighted by Crippen LogP contribution is 2.35. The summed E-state index contributed by atoms with van der Waals surface area (Å²) in [6.07, 6.45) is 2.73. The standard InChI is InChI=1S/C27H30N8O3/c1-17-9-20(32-8-7-27(2,15-28)16-32)14-35-24(17)30-23(31-35)25(36)34-12-18-10-33(11-19(18)13-34)22-6-4-5-21(29-22)26(37)38-3/h4-6,9,14,18-19H,7-8,10-13,16H2,1-3H3. The number of carbonyl (C=O) groups excluding carboxylic acids is 2. The number of likely N-dealkylation sites (tertiary alicyclic amines) is 1. The number of esters is 1. The van der Waals surface area contributed by atoms with Gasteiger partial charge in [-0.25, -0.2) is 19.3 Å². The molecule has 0 spiro atoms. The van der Waals surface area contributed by atoms with Crippen molar-refractivity contribution in [1.29, 1.82) is 5.26 Å². The second kappa shape index (κ2) is 8.97. The number of fused-ring (bicyclic) bond motifs is 2. The molecule has 3 aliphatic heterocycles. The molecule has 3 aliphatic rings. The Kier molecular flexibility index (Phi) is 5.70. The van der Waals surface area contributed by atoms with E-state index in [0.717, 1.165) is 43.1 Å². The molecule has 6 heterocycles. The second-order valence-corrected chi connectivity index (χ2v) is 10.9. The van der Waals surface area contributed by atoms with Crippen LogP contribution in [0.1, 0.15) is 40.0 Å². The van der Waals surface area contributed by atoms with Gasteiger partial charge in [0, 0.05) is 51.1 Å². The number of aromatic nitrogens is 4. The summed E-state index contributed by atoms with van der Waals surface area (Å²) in [5.74, 6) is 0.987. The van der Waals surface area contributed by atoms with Crippen LogP contribution in [0.3, 0.4) is 0 Å². The summed E-state index contributed by atoms with van der Waals surface area (Å²) in [5.41, 5.74) is 2.53. The van der Waals surface area contributed by atoms with E-state index in [1.165, 1.54) is 7.11 Å². The lowest BCUT2D eigenvalue weighted by Crippen LogP contribution is -2.34. The molecule has 11 nitrogen and oxygen atoms in total. The maximum atomic E-state index is 13.4. The molecule has 3 unspecified atom stereocenters. The van der Waals surface area contributed by atoms with Gasteiger partial charge >= 0.3 is 5.97 Å². The van der Waals surface area contributed by atoms with Crippen molar-refractivity contribution in [3.63, 3.8) is 0 Å². The molecule has 0 aliphatic carbocycles. The second-order valence-electron chi connectivity index (χ2n) is 10.9. The van der Waals surface area contributed by atoms with Crippen LogP contribution in [0.5, 0.6) is 0 Å². The van der Waals surface area contributed by atoms with Gasteiger partial charge in [0.05, 0.1) is 30.5 Å². The molecule has 196 valence electrons. The first-order valence-electron chi connectivity index (χ1n) is 12.9. The number of pyridine rings is 2. The topological polar surface area (TPSA) is 120 Å². The van der Waals surface area contributed by atoms with E-state index < -0.39 is 5.97 Å². The lowest BCUT2D eigenvalue weighted by Gasteiger charge is -2.22. The number of carbonyl (C=O) groups is 2. The van der Waals surface area contributed by atoms with Gasteiger partial charge in [-0.3, -0.25) is 4.79 Å². The molecule has 0 aromatic carbocycles. The van der Waals surface area contributed by atoms with E-state index in [1.54, 1.807) is 10.6 Å². The summed E-state index contributed by atoms with van der Waals surface area (Å²) in [5, 5.41) is 14.0. The molecule has 0 bridgehead atoms. The van der Waals surface area contributed by atoms with Crippen LogP contribution in [0.15, 0.2) is 30.5 Å². The molecule has 6 rings (SSSR count). The molecule has 3 atom stereocenters. The molecule has 3 fully saturated rings. The first-order valence-corrected chi connectivity index (χ1v) is 12.9. The van der Waals surface area contributed by atoms with Gasteiger partial charge in [0.1, 0.15) is 5.82 Å². The van der Waals surface area contributed by atoms with E-state index in [0.29, 0.717) is 42.8 Å². The molecule has 3 aromatic rings. The highest BCUT2D eigenvalue weighted by atomic mass is 16.5. The number of methoxy groups -OCH3 is 1. The molecule has 38 heavy (non-hydrogen) atoms. The number of aryl methyl sites for hydroxylation is 1. The smallest absolute Gasteiger partial charge is 0.356 e. The van der Waals surface area contributed by atoms with Crippen molar-refractivity contribution in [2.24, 2.45) is 17.3 Å². The SMILES string of the molecule is COC(=O)c1cccc(N2CC3CN(C(=O)c4nc5c(C)cc(N6CCC(C)(C#N)C6)cn5n4)CC3C2)n1. The van der Waals surface area contributed by atoms with Gasteiger partial charge in [-0.05, 0) is 44.0 Å². The molecular formula is C27H30N8O3. The maximum absolute atomic E-state index is 13.4. The van der Waals surface area contributed by atoms with Crippen molar-refractivity contribution in [2.45, 2.75) is 20.3 Å². The van der Waals surface area contributed by atoms with E-state index in [9.17, 15) is 14.9 Å². The summed E-state index contributed by atoms with van der Waals surface area (Å²) in [7, 11) is 1.35. The number of hydrogen-bond donors (Lipinski definition) is 0. The van der Waals surface area contributed by atoms with Gasteiger partial charge in [0.15, 0.2) is 11.3 Å². The predicted molar refractivity (Wildman–Crippen MR) is 139 cm³/mol. The van der Waals surface area contributed by atoms with Crippen LogP contribution in [0.2, 0.25) is 0 Å². The van der Waals surface area contributed by atoms with E-state index in [-0.39, 0.29) is 17.1 Å². The molecule has 1 amide bonds. The van der Waals surface area contributed by atoms with Gasteiger partial charge in [-0.1, -0.05) is 6.07 Å². The van der Waals surface area contributed by atoms with Crippen LogP contribution in [0.25, 0.3) is 5.65 Å². The first-order chi connectivity index (χ1) is 18.3. The summed E-state index contributed by atoms with van der Waals surface area (Å²) in [6.45, 7) is 8.25. The highest BCUT2D eigenvalue weighted by Gasteiger charge is 2.43.